The highest BCUT2D eigenvalue weighted by atomic mass is 16.7. The summed E-state index contributed by atoms with van der Waals surface area (Å²) in [4.78, 5) is 16.5. The van der Waals surface area contributed by atoms with Crippen LogP contribution in [0.3, 0.4) is 0 Å². The van der Waals surface area contributed by atoms with Gasteiger partial charge < -0.3 is 20.1 Å². The highest BCUT2D eigenvalue weighted by Crippen LogP contribution is 2.36. The third-order valence-electron chi connectivity index (χ3n) is 4.61. The van der Waals surface area contributed by atoms with Crippen LogP contribution in [0.4, 0.5) is 5.82 Å². The Morgan fingerprint density at radius 1 is 1.10 bits per heavy atom. The fraction of sp³-hybridized carbons (Fsp3) is 0.227. The molecule has 0 atom stereocenters. The third-order valence-corrected chi connectivity index (χ3v) is 4.61. The summed E-state index contributed by atoms with van der Waals surface area (Å²) in [6.07, 6.45) is 1.08. The molecule has 0 unspecified atom stereocenters. The number of rotatable bonds is 7. The topological polar surface area (TPSA) is 96.3 Å². The van der Waals surface area contributed by atoms with Crippen molar-refractivity contribution in [2.45, 2.75) is 12.8 Å². The minimum absolute atomic E-state index is 0.00572. The number of hydrogen-bond acceptors (Lipinski definition) is 6. The number of ether oxygens (including phenoxy) is 2. The molecule has 2 heterocycles. The molecule has 1 amide bonds. The Bertz CT molecular complexity index is 1080. The Morgan fingerprint density at radius 3 is 2.69 bits per heavy atom. The maximum atomic E-state index is 12.0. The van der Waals surface area contributed by atoms with Gasteiger partial charge in [-0.25, -0.2) is 4.98 Å². The summed E-state index contributed by atoms with van der Waals surface area (Å²) < 4.78 is 10.8. The van der Waals surface area contributed by atoms with E-state index in [0.29, 0.717) is 48.8 Å². The quantitative estimate of drug-likeness (QED) is 0.604. The highest BCUT2D eigenvalue weighted by molar-refractivity contribution is 5.86. The number of fused-ring (bicyclic) bond motifs is 2. The Balaban J connectivity index is 1.32. The predicted octanol–water partition coefficient (Wildman–Crippen LogP) is 3.00. The number of carbonyl (C=O) groups is 1. The monoisotopic (exact) mass is 388 g/mol. The summed E-state index contributed by atoms with van der Waals surface area (Å²) in [7, 11) is 0. The van der Waals surface area contributed by atoms with E-state index < -0.39 is 0 Å². The molecule has 29 heavy (non-hydrogen) atoms. The Hall–Kier alpha value is -3.79. The van der Waals surface area contributed by atoms with Crippen LogP contribution in [0.2, 0.25) is 0 Å². The fourth-order valence-electron chi connectivity index (χ4n) is 3.15. The maximum Gasteiger partial charge on any atom is 0.231 e. The number of aromatic nitrogens is 1. The second kappa shape index (κ2) is 8.48. The van der Waals surface area contributed by atoms with E-state index in [9.17, 15) is 10.1 Å². The average molecular weight is 388 g/mol. The molecule has 0 saturated heterocycles. The molecule has 0 saturated carbocycles. The third kappa shape index (κ3) is 4.38. The lowest BCUT2D eigenvalue weighted by atomic mass is 10.1. The molecule has 3 aromatic rings. The van der Waals surface area contributed by atoms with Crippen LogP contribution < -0.4 is 20.1 Å². The molecule has 7 heteroatoms. The van der Waals surface area contributed by atoms with Crippen molar-refractivity contribution in [3.8, 4) is 17.6 Å². The summed E-state index contributed by atoms with van der Waals surface area (Å²) in [6.45, 7) is 1.33. The molecule has 0 aliphatic carbocycles. The van der Waals surface area contributed by atoms with Gasteiger partial charge in [0, 0.05) is 24.5 Å². The van der Waals surface area contributed by atoms with Gasteiger partial charge in [-0.2, -0.15) is 5.26 Å². The number of nitriles is 1. The molecule has 1 aliphatic heterocycles. The van der Waals surface area contributed by atoms with Crippen molar-refractivity contribution in [3.05, 3.63) is 59.7 Å². The van der Waals surface area contributed by atoms with Crippen LogP contribution >= 0.6 is 0 Å². The van der Waals surface area contributed by atoms with Gasteiger partial charge in [-0.05, 0) is 24.1 Å². The van der Waals surface area contributed by atoms with Crippen LogP contribution in [0.15, 0.2) is 48.5 Å². The van der Waals surface area contributed by atoms with Crippen molar-refractivity contribution in [1.82, 2.24) is 10.3 Å². The van der Waals surface area contributed by atoms with E-state index in [1.807, 2.05) is 42.5 Å². The van der Waals surface area contributed by atoms with Crippen LogP contribution in [0.25, 0.3) is 10.9 Å². The largest absolute Gasteiger partial charge is 0.454 e. The number of amides is 1. The lowest BCUT2D eigenvalue weighted by molar-refractivity contribution is -0.120. The predicted molar refractivity (Wildman–Crippen MR) is 109 cm³/mol. The zero-order chi connectivity index (χ0) is 20.1. The molecule has 4 rings (SSSR count). The molecule has 0 spiro atoms. The fourth-order valence-corrected chi connectivity index (χ4v) is 3.15. The number of pyridine rings is 1. The molecule has 2 N–H and O–H groups in total. The number of nitrogens with zero attached hydrogens (tertiary/aromatic N) is 2. The minimum Gasteiger partial charge on any atom is -0.454 e. The zero-order valence-electron chi connectivity index (χ0n) is 15.8. The SMILES string of the molecule is N#Cc1cc2cc3c(cc2nc1NCCCNC(=O)Cc1ccccc1)OCO3. The van der Waals surface area contributed by atoms with Crippen molar-refractivity contribution in [3.63, 3.8) is 0 Å². The number of hydrogen-bond donors (Lipinski definition) is 2. The minimum atomic E-state index is -0.00572. The zero-order valence-corrected chi connectivity index (χ0v) is 15.8. The van der Waals surface area contributed by atoms with E-state index in [0.717, 1.165) is 16.5 Å². The van der Waals surface area contributed by atoms with Gasteiger partial charge in [0.2, 0.25) is 12.7 Å². The first-order valence-electron chi connectivity index (χ1n) is 9.42. The van der Waals surface area contributed by atoms with Gasteiger partial charge in [-0.3, -0.25) is 4.79 Å². The van der Waals surface area contributed by atoms with Crippen molar-refractivity contribution in [1.29, 1.82) is 5.26 Å². The van der Waals surface area contributed by atoms with E-state index in [-0.39, 0.29) is 12.7 Å². The van der Waals surface area contributed by atoms with Crippen LogP contribution in [-0.2, 0) is 11.2 Å². The van der Waals surface area contributed by atoms with Gasteiger partial charge in [-0.15, -0.1) is 0 Å². The summed E-state index contributed by atoms with van der Waals surface area (Å²) in [5.41, 5.74) is 2.18. The molecule has 146 valence electrons. The maximum absolute atomic E-state index is 12.0. The van der Waals surface area contributed by atoms with Gasteiger partial charge in [0.1, 0.15) is 11.9 Å². The molecule has 2 aromatic carbocycles. The Morgan fingerprint density at radius 2 is 1.90 bits per heavy atom. The molecule has 0 bridgehead atoms. The van der Waals surface area contributed by atoms with Crippen LogP contribution in [-0.4, -0.2) is 30.8 Å². The van der Waals surface area contributed by atoms with Gasteiger partial charge in [0.25, 0.3) is 0 Å². The van der Waals surface area contributed by atoms with E-state index in [1.165, 1.54) is 0 Å². The highest BCUT2D eigenvalue weighted by Gasteiger charge is 2.16. The smallest absolute Gasteiger partial charge is 0.231 e. The molecular formula is C22H20N4O3. The van der Waals surface area contributed by atoms with Crippen LogP contribution in [0.1, 0.15) is 17.5 Å². The first kappa shape index (κ1) is 18.6. The number of anilines is 1. The number of benzene rings is 2. The van der Waals surface area contributed by atoms with Crippen molar-refractivity contribution in [2.24, 2.45) is 0 Å². The van der Waals surface area contributed by atoms with E-state index in [2.05, 4.69) is 21.7 Å². The summed E-state index contributed by atoms with van der Waals surface area (Å²) in [5.74, 6) is 1.83. The number of nitrogens with one attached hydrogen (secondary N) is 2. The summed E-state index contributed by atoms with van der Waals surface area (Å²) >= 11 is 0. The summed E-state index contributed by atoms with van der Waals surface area (Å²) in [5, 5.41) is 16.4. The average Bonchev–Trinajstić information content (AvgIpc) is 3.19. The molecule has 0 fully saturated rings. The Labute approximate surface area is 168 Å². The standard InChI is InChI=1S/C22H20N4O3/c23-13-17-10-16-11-19-20(29-14-28-19)12-18(16)26-22(17)25-8-4-7-24-21(27)9-15-5-2-1-3-6-15/h1-3,5-6,10-12H,4,7-9,14H2,(H,24,27)(H,25,26). The second-order valence-electron chi connectivity index (χ2n) is 6.69. The van der Waals surface area contributed by atoms with Gasteiger partial charge in [-0.1, -0.05) is 30.3 Å². The second-order valence-corrected chi connectivity index (χ2v) is 6.69. The molecule has 7 nitrogen and oxygen atoms in total. The number of carbonyl (C=O) groups excluding carboxylic acids is 1. The van der Waals surface area contributed by atoms with Crippen molar-refractivity contribution in [2.75, 3.05) is 25.2 Å². The molecule has 0 radical (unpaired) electrons. The first-order valence-corrected chi connectivity index (χ1v) is 9.42. The van der Waals surface area contributed by atoms with Crippen molar-refractivity contribution < 1.29 is 14.3 Å². The lowest BCUT2D eigenvalue weighted by Gasteiger charge is -2.10. The van der Waals surface area contributed by atoms with E-state index in [1.54, 1.807) is 6.07 Å². The van der Waals surface area contributed by atoms with E-state index >= 15 is 0 Å². The van der Waals surface area contributed by atoms with E-state index in [4.69, 9.17) is 9.47 Å². The normalized spacial score (nSPS) is 11.8. The lowest BCUT2D eigenvalue weighted by Crippen LogP contribution is -2.27. The van der Waals surface area contributed by atoms with Gasteiger partial charge in [0.05, 0.1) is 17.5 Å². The molecule has 1 aromatic heterocycles. The van der Waals surface area contributed by atoms with Crippen molar-refractivity contribution >= 4 is 22.6 Å². The Kier molecular flexibility index (Phi) is 5.43. The van der Waals surface area contributed by atoms with Crippen LogP contribution in [0.5, 0.6) is 11.5 Å². The first-order chi connectivity index (χ1) is 14.2. The van der Waals surface area contributed by atoms with Crippen LogP contribution in [0, 0.1) is 11.3 Å². The summed E-state index contributed by atoms with van der Waals surface area (Å²) in [6, 6.07) is 17.2. The molecule has 1 aliphatic rings. The molecular weight excluding hydrogens is 368 g/mol. The van der Waals surface area contributed by atoms with Gasteiger partial charge in [0.15, 0.2) is 11.5 Å². The van der Waals surface area contributed by atoms with Gasteiger partial charge >= 0.3 is 0 Å².